The number of carboxylic acids is 1. The van der Waals surface area contributed by atoms with Crippen molar-refractivity contribution in [2.75, 3.05) is 55.1 Å². The molecule has 140 heavy (non-hydrogen) atoms. The van der Waals surface area contributed by atoms with Gasteiger partial charge < -0.3 is 45.4 Å². The predicted molar refractivity (Wildman–Crippen MR) is 503 cm³/mol. The third kappa shape index (κ3) is 22.4. The number of aromatic nitrogens is 24. The number of esters is 2. The first kappa shape index (κ1) is 101. The molecule has 0 atom stereocenters. The predicted octanol–water partition coefficient (Wildman–Crippen LogP) is 7.98. The zero-order valence-corrected chi connectivity index (χ0v) is 79.9. The van der Waals surface area contributed by atoms with E-state index in [2.05, 4.69) is 141 Å². The van der Waals surface area contributed by atoms with E-state index in [9.17, 15) is 47.1 Å². The van der Waals surface area contributed by atoms with Gasteiger partial charge in [-0.2, -0.15) is 20.4 Å². The van der Waals surface area contributed by atoms with Crippen molar-refractivity contribution in [3.8, 4) is 0 Å². The number of imidazole rings is 2. The number of aryl methyl sites for hydroxylation is 1. The van der Waals surface area contributed by atoms with Crippen LogP contribution >= 0.6 is 51.5 Å². The molecule has 4 aliphatic heterocycles. The average molecular weight is 2030 g/mol. The molecule has 0 bridgehead atoms. The molecule has 0 radical (unpaired) electrons. The van der Waals surface area contributed by atoms with Gasteiger partial charge in [-0.3, -0.25) is 38.7 Å². The Morgan fingerprint density at radius 2 is 0.843 bits per heavy atom. The number of aromatic carboxylic acids is 1. The van der Waals surface area contributed by atoms with E-state index < -0.39 is 29.5 Å². The van der Waals surface area contributed by atoms with Crippen molar-refractivity contribution in [1.29, 1.82) is 0 Å². The Morgan fingerprint density at radius 3 is 1.18 bits per heavy atom. The molecule has 8 fully saturated rings. The fraction of sp³-hybridized carbons (Fsp3) is 0.363. The van der Waals surface area contributed by atoms with E-state index in [0.717, 1.165) is 112 Å². The van der Waals surface area contributed by atoms with Gasteiger partial charge in [-0.15, -0.1) is 32.8 Å². The number of amides is 4. The van der Waals surface area contributed by atoms with Crippen molar-refractivity contribution >= 4 is 149 Å². The number of carbonyl (C=O) groups is 8. The Balaban J connectivity index is 0.000000133. The largest absolute Gasteiger partial charge is 1.00 e. The summed E-state index contributed by atoms with van der Waals surface area (Å²) >= 11 is 15.1. The van der Waals surface area contributed by atoms with Crippen LogP contribution in [0.3, 0.4) is 0 Å². The van der Waals surface area contributed by atoms with Gasteiger partial charge in [0.25, 0.3) is 0 Å². The number of nitrogens with one attached hydrogen (secondary N) is 1. The standard InChI is InChI=1S/C27H24ClFN8O2.C19H20N6O3.C18H18N6O3.C15H14BrN5O2.C8H7ClFN3.C4H7NO.ClH.Li.2H2O/c28-20-7-9-34-15-30-21(27(34)26(20)29)5-6-23(38)22-14-35(33-31-22)13-18-12-19-10-17(16-3-4-16)11-24(37(19)32-18)36-8-1-2-25(36)39;1-28-19(27)16-11-23(22-20-16)10-14-9-15-7-13(12-4-5-12)8-17(25(15)21-14)24-6-2-3-18(24)26;25-17-2-1-5-23(17)16-7-12(11-3-4-11)6-14-8-13(20-24(14)16)9-22-10-15(18(26)27)19-21-22;1-23-15(22)13-8-20(19-17-13)7-11-6-12-4-10(9-2-3-9)5-14(16)21(12)18-11;9-5-1-2-13-4-12-6(3-11)8(13)7(5)10;6-4-2-1-3-5-4;;;;/h7,9-12,14-16H,1-6,8,13H2;7-9,11-12H,2-6,10H2,1H3;6-8,10-11H,1-5,9H2,(H,26,27);4-6,8-9H,2-3,7H2,1H3;1-2,4H,3,11H2;1-3H2,(H,5,6);1H;;2*1H2/q;;;;;;;+1;;/p-1. The van der Waals surface area contributed by atoms with Crippen LogP contribution in [0.2, 0.25) is 10.0 Å². The van der Waals surface area contributed by atoms with Gasteiger partial charge >= 0.3 is 36.8 Å². The first-order valence-electron chi connectivity index (χ1n) is 44.7. The number of halogens is 6. The molecule has 4 saturated carbocycles. The maximum atomic E-state index is 14.5. The number of nitrogens with zero attached hydrogens (tertiary/aromatic N) is 27. The molecule has 8 aliphatic rings. The van der Waals surface area contributed by atoms with Crippen molar-refractivity contribution in [3.05, 3.63) is 240 Å². The van der Waals surface area contributed by atoms with Crippen LogP contribution in [0.1, 0.15) is 231 Å². The number of rotatable bonds is 23. The molecule has 0 unspecified atom stereocenters. The minimum Gasteiger partial charge on any atom is -0.870 e. The normalized spacial score (nSPS) is 15.4. The summed E-state index contributed by atoms with van der Waals surface area (Å²) < 4.78 is 54.7. The molecule has 16 aromatic rings. The molecule has 0 spiro atoms. The first-order chi connectivity index (χ1) is 65.9. The third-order valence-electron chi connectivity index (χ3n) is 24.4. The molecule has 4 amide bonds. The minimum absolute atomic E-state index is 0. The first-order valence-corrected chi connectivity index (χ1v) is 46.2. The SMILES string of the molecule is COC(=O)c1cn(Cc2cc3cc(C4CC4)cc(Br)n3n2)nn1.COC(=O)c1cn(Cc2cc3cc(C4CC4)cc(N4CCCC4=O)n3n2)nn1.Cl.NCc1ncn2ccc(Cl)c(F)c12.O.O=C(CCc1ncn2ccc(Cl)c(F)c12)c1cn(Cc2cc3cc(C4CC4)cc(N4CCCC4=O)n3n2)nn1.O=C(O)c1cn(Cc2cc3cc(C4CC4)cc(N4CCCC4=O)n3n2)nn1.O=C1CCCN1.[Li+].[OH-]. The molecule has 7 N–H and O–H groups in total. The van der Waals surface area contributed by atoms with Gasteiger partial charge in [0.05, 0.1) is 144 Å². The van der Waals surface area contributed by atoms with Crippen LogP contribution in [0.5, 0.6) is 0 Å². The summed E-state index contributed by atoms with van der Waals surface area (Å²) in [6, 6.07) is 27.9. The minimum atomic E-state index is -1.11. The van der Waals surface area contributed by atoms with Crippen molar-refractivity contribution in [2.45, 2.75) is 172 Å². The summed E-state index contributed by atoms with van der Waals surface area (Å²) in [5.74, 6) is 2.06. The van der Waals surface area contributed by atoms with Gasteiger partial charge in [0, 0.05) is 77.2 Å². The summed E-state index contributed by atoms with van der Waals surface area (Å²) in [7, 11) is 2.63. The third-order valence-corrected chi connectivity index (χ3v) is 25.6. The number of nitrogens with two attached hydrogens (primary N) is 1. The maximum absolute atomic E-state index is 14.5. The van der Waals surface area contributed by atoms with Crippen LogP contribution in [0.15, 0.2) is 139 Å². The quantitative estimate of drug-likeness (QED) is 0.0236. The summed E-state index contributed by atoms with van der Waals surface area (Å²) in [5.41, 5.74) is 19.5. The van der Waals surface area contributed by atoms with Gasteiger partial charge in [0.2, 0.25) is 23.6 Å². The Labute approximate surface area is 831 Å². The zero-order valence-electron chi connectivity index (χ0n) is 76.0. The molecule has 16 aromatic heterocycles. The Kier molecular flexibility index (Phi) is 31.2. The van der Waals surface area contributed by atoms with Gasteiger partial charge in [0.1, 0.15) is 38.8 Å². The second-order valence-electron chi connectivity index (χ2n) is 34.4. The summed E-state index contributed by atoms with van der Waals surface area (Å²) in [6.45, 7) is 4.67. The number of pyridine rings is 6. The van der Waals surface area contributed by atoms with Gasteiger partial charge in [-0.1, -0.05) is 44.1 Å². The summed E-state index contributed by atoms with van der Waals surface area (Å²) in [4.78, 5) is 108. The number of hydrogen-bond donors (Lipinski definition) is 3. The number of carbonyl (C=O) groups excluding carboxylic acids is 7. The van der Waals surface area contributed by atoms with Crippen LogP contribution in [0.25, 0.3) is 33.1 Å². The van der Waals surface area contributed by atoms with Crippen LogP contribution in [-0.2, 0) is 67.8 Å². The molecule has 4 saturated heterocycles. The van der Waals surface area contributed by atoms with E-state index in [1.807, 2.05) is 52.5 Å². The number of Topliss-reactive ketones (excluding diaryl/α,β-unsaturated/α-hetero) is 1. The number of methoxy groups -OCH3 is 2. The summed E-state index contributed by atoms with van der Waals surface area (Å²) in [6.07, 6.45) is 28.4. The maximum Gasteiger partial charge on any atom is 1.00 e. The molecule has 0 aromatic carbocycles. The monoisotopic (exact) mass is 2030 g/mol. The van der Waals surface area contributed by atoms with Crippen LogP contribution in [-0.4, -0.2) is 221 Å². The Morgan fingerprint density at radius 1 is 0.493 bits per heavy atom. The molecule has 4 aliphatic carbocycles. The Hall–Kier alpha value is -13.7. The van der Waals surface area contributed by atoms with Crippen LogP contribution in [0, 0.1) is 11.6 Å². The van der Waals surface area contributed by atoms with Crippen molar-refractivity contribution in [2.24, 2.45) is 5.73 Å². The molecule has 724 valence electrons. The molecular weight excluding hydrogens is 1940 g/mol. The Bertz CT molecular complexity index is 7370. The zero-order chi connectivity index (χ0) is 94.3. The van der Waals surface area contributed by atoms with Crippen LogP contribution < -0.4 is 44.6 Å². The van der Waals surface area contributed by atoms with Gasteiger partial charge in [0.15, 0.2) is 34.5 Å². The topological polar surface area (TPSA) is 511 Å². The van der Waals surface area contributed by atoms with Crippen molar-refractivity contribution in [3.63, 3.8) is 0 Å². The second-order valence-corrected chi connectivity index (χ2v) is 36.0. The number of ether oxygens (including phenoxy) is 2. The van der Waals surface area contributed by atoms with Crippen molar-refractivity contribution < 1.29 is 91.5 Å². The average Bonchev–Trinajstić information content (AvgIpc) is 1.61. The second kappa shape index (κ2) is 43.4. The van der Waals surface area contributed by atoms with Gasteiger partial charge in [-0.25, -0.2) is 69.9 Å². The van der Waals surface area contributed by atoms with Crippen LogP contribution in [0.4, 0.5) is 26.2 Å². The number of anilines is 3. The molecule has 49 heteroatoms. The number of hydrogen-bond acceptors (Lipinski definition) is 26. The molecule has 20 heterocycles. The van der Waals surface area contributed by atoms with E-state index in [-0.39, 0.29) is 129 Å². The fourth-order valence-corrected chi connectivity index (χ4v) is 17.8. The molecule has 42 nitrogen and oxygen atoms in total. The van der Waals surface area contributed by atoms with Crippen molar-refractivity contribution in [1.82, 2.24) is 123 Å². The number of ketones is 1. The fourth-order valence-electron chi connectivity index (χ4n) is 17.0. The summed E-state index contributed by atoms with van der Waals surface area (Å²) in [5, 5.41) is 61.6. The van der Waals surface area contributed by atoms with E-state index >= 15 is 0 Å². The molecular formula is C91H94BrCl3F2LiN29O13. The van der Waals surface area contributed by atoms with Gasteiger partial charge in [-0.05, 0) is 230 Å². The van der Waals surface area contributed by atoms with E-state index in [1.54, 1.807) is 52.1 Å². The smallest absolute Gasteiger partial charge is 0.870 e. The van der Waals surface area contributed by atoms with E-state index in [1.165, 1.54) is 130 Å². The number of carboxylic acid groups (broad SMARTS) is 1. The van der Waals surface area contributed by atoms with E-state index in [0.29, 0.717) is 99.1 Å². The number of fused-ring (bicyclic) bond motifs is 6. The molecule has 24 rings (SSSR count). The van der Waals surface area contributed by atoms with E-state index in [4.69, 9.17) is 44.2 Å².